The molecule has 1 nitrogen and oxygen atoms in total. The first-order valence-corrected chi connectivity index (χ1v) is 11.2. The second kappa shape index (κ2) is 6.52. The first kappa shape index (κ1) is 14.5. The third-order valence-electron chi connectivity index (χ3n) is 5.84. The molecule has 0 aliphatic carbocycles. The number of benzene rings is 3. The Kier molecular flexibility index (Phi) is 3.16. The Morgan fingerprint density at radius 2 is 1.77 bits per heavy atom. The quantitative estimate of drug-likeness (QED) is 0.194. The van der Waals surface area contributed by atoms with E-state index < -0.39 is 18.6 Å². The number of aryl methyl sites for hydroxylation is 4. The van der Waals surface area contributed by atoms with Crippen LogP contribution in [0, 0.1) is 26.1 Å². The third kappa shape index (κ3) is 2.85. The van der Waals surface area contributed by atoms with E-state index in [0.29, 0.717) is 5.56 Å². The maximum absolute atomic E-state index is 9.20. The van der Waals surface area contributed by atoms with Gasteiger partial charge in [-0.2, -0.15) is 0 Å². The maximum Gasteiger partial charge on any atom is 0.221 e. The summed E-state index contributed by atoms with van der Waals surface area (Å²) < 4.78 is 45.7. The summed E-state index contributed by atoms with van der Waals surface area (Å²) in [6.45, 7) is 7.64. The van der Waals surface area contributed by atoms with Gasteiger partial charge in [-0.05, 0) is 66.5 Å². The minimum Gasteiger partial charge on any atom is -0.200 e. The normalized spacial score (nSPS) is 16.0. The average molecular weight is 418 g/mol. The predicted molar refractivity (Wildman–Crippen MR) is 133 cm³/mol. The maximum atomic E-state index is 9.20. The van der Waals surface area contributed by atoms with Gasteiger partial charge >= 0.3 is 0 Å². The van der Waals surface area contributed by atoms with Crippen LogP contribution in [0.2, 0.25) is 0 Å². The van der Waals surface area contributed by atoms with Crippen molar-refractivity contribution in [2.45, 2.75) is 47.8 Å². The zero-order valence-electron chi connectivity index (χ0n) is 23.4. The second-order valence-corrected chi connectivity index (χ2v) is 10.6. The molecule has 0 fully saturated rings. The predicted octanol–water partition coefficient (Wildman–Crippen LogP) is 7.70. The lowest BCUT2D eigenvalue weighted by Crippen LogP contribution is -2.29. The van der Waals surface area contributed by atoms with E-state index in [9.17, 15) is 2.74 Å². The fourth-order valence-corrected chi connectivity index (χ4v) is 5.80. The zero-order valence-corrected chi connectivity index (χ0v) is 19.2. The number of fused-ring (bicyclic) bond motifs is 8. The summed E-state index contributed by atoms with van der Waals surface area (Å²) in [6.07, 6.45) is 0.128. The molecule has 0 saturated heterocycles. The van der Waals surface area contributed by atoms with Crippen LogP contribution in [-0.4, -0.2) is 0 Å². The van der Waals surface area contributed by atoms with Crippen LogP contribution in [0.3, 0.4) is 0 Å². The van der Waals surface area contributed by atoms with Gasteiger partial charge in [-0.15, -0.1) is 11.3 Å². The van der Waals surface area contributed by atoms with Crippen LogP contribution in [0.5, 0.6) is 0 Å². The molecule has 0 aliphatic rings. The summed E-state index contributed by atoms with van der Waals surface area (Å²) in [7, 11) is 1.91. The van der Waals surface area contributed by atoms with E-state index in [2.05, 4.69) is 37.3 Å². The van der Waals surface area contributed by atoms with E-state index >= 15 is 0 Å². The van der Waals surface area contributed by atoms with Crippen molar-refractivity contribution in [3.8, 4) is 0 Å². The largest absolute Gasteiger partial charge is 0.221 e. The average Bonchev–Trinajstić information content (AvgIpc) is 3.08. The van der Waals surface area contributed by atoms with Crippen LogP contribution < -0.4 is 4.57 Å². The fraction of sp³-hybridized carbons (Fsp3) is 0.321. The van der Waals surface area contributed by atoms with Crippen molar-refractivity contribution in [2.75, 3.05) is 0 Å². The van der Waals surface area contributed by atoms with Crippen molar-refractivity contribution in [1.29, 1.82) is 0 Å². The Morgan fingerprint density at radius 3 is 2.50 bits per heavy atom. The number of hydrogen-bond acceptors (Lipinski definition) is 1. The Morgan fingerprint density at radius 1 is 1.00 bits per heavy atom. The van der Waals surface area contributed by atoms with Gasteiger partial charge in [0, 0.05) is 32.8 Å². The van der Waals surface area contributed by atoms with Crippen LogP contribution in [0.1, 0.15) is 49.2 Å². The summed E-state index contributed by atoms with van der Waals surface area (Å²) in [6, 6.07) is 12.3. The van der Waals surface area contributed by atoms with Gasteiger partial charge in [0.1, 0.15) is 7.05 Å². The molecule has 0 bridgehead atoms. The number of aromatic nitrogens is 1. The van der Waals surface area contributed by atoms with Crippen molar-refractivity contribution >= 4 is 53.9 Å². The molecule has 0 aliphatic heterocycles. The molecule has 152 valence electrons. The second-order valence-electron chi connectivity index (χ2n) is 9.37. The van der Waals surface area contributed by atoms with Gasteiger partial charge < -0.3 is 0 Å². The summed E-state index contributed by atoms with van der Waals surface area (Å²) in [4.78, 5) is 0.960. The number of nitrogens with zero attached hydrogens (tertiary/aromatic N) is 1. The number of rotatable bonds is 1. The van der Waals surface area contributed by atoms with Crippen molar-refractivity contribution in [1.82, 2.24) is 0 Å². The highest BCUT2D eigenvalue weighted by molar-refractivity contribution is 7.19. The highest BCUT2D eigenvalue weighted by Gasteiger charge is 2.23. The van der Waals surface area contributed by atoms with Crippen LogP contribution in [0.4, 0.5) is 0 Å². The molecule has 0 saturated carbocycles. The van der Waals surface area contributed by atoms with Crippen LogP contribution in [-0.2, 0) is 13.4 Å². The summed E-state index contributed by atoms with van der Waals surface area (Å²) in [5.41, 5.74) is 2.47. The topological polar surface area (TPSA) is 3.88 Å². The molecule has 2 aromatic heterocycles. The highest BCUT2D eigenvalue weighted by Crippen LogP contribution is 2.44. The van der Waals surface area contributed by atoms with E-state index in [1.807, 2.05) is 39.3 Å². The molecule has 0 N–H and O–H groups in total. The van der Waals surface area contributed by atoms with Gasteiger partial charge in [-0.3, -0.25) is 0 Å². The van der Waals surface area contributed by atoms with Crippen molar-refractivity contribution < 1.29 is 11.4 Å². The molecule has 0 spiro atoms. The highest BCUT2D eigenvalue weighted by atomic mass is 32.1. The minimum absolute atomic E-state index is 0.283. The lowest BCUT2D eigenvalue weighted by atomic mass is 9.85. The monoisotopic (exact) mass is 417 g/mol. The fourth-order valence-electron chi connectivity index (χ4n) is 4.77. The molecule has 0 radical (unpaired) electrons. The molecule has 5 rings (SSSR count). The van der Waals surface area contributed by atoms with E-state index in [1.54, 1.807) is 23.6 Å². The summed E-state index contributed by atoms with van der Waals surface area (Å²) in [5, 5.41) is 5.91. The number of hydrogen-bond donors (Lipinski definition) is 0. The van der Waals surface area contributed by atoms with E-state index in [0.717, 1.165) is 53.0 Å². The molecule has 3 aromatic carbocycles. The molecule has 0 atom stereocenters. The molecule has 5 aromatic rings. The van der Waals surface area contributed by atoms with Gasteiger partial charge in [0.2, 0.25) is 5.52 Å². The molecular formula is C28H30NS+. The lowest BCUT2D eigenvalue weighted by molar-refractivity contribution is -0.644. The number of thiophene rings is 1. The molecule has 2 heteroatoms. The molecule has 0 unspecified atom stereocenters. The van der Waals surface area contributed by atoms with Crippen molar-refractivity contribution in [2.24, 2.45) is 12.5 Å². The van der Waals surface area contributed by atoms with Gasteiger partial charge in [-0.25, -0.2) is 4.57 Å². The summed E-state index contributed by atoms with van der Waals surface area (Å²) in [5.74, 6) is 0. The number of pyridine rings is 1. The first-order chi connectivity index (χ1) is 16.1. The van der Waals surface area contributed by atoms with Crippen LogP contribution in [0.15, 0.2) is 42.6 Å². The van der Waals surface area contributed by atoms with Gasteiger partial charge in [0.25, 0.3) is 0 Å². The zero-order chi connectivity index (χ0) is 25.7. The Labute approximate surface area is 190 Å². The Balaban J connectivity index is 2.17. The lowest BCUT2D eigenvalue weighted by Gasteiger charge is -2.19. The molecular weight excluding hydrogens is 382 g/mol. The van der Waals surface area contributed by atoms with Gasteiger partial charge in [-0.1, -0.05) is 45.0 Å². The Hall–Kier alpha value is -2.45. The van der Waals surface area contributed by atoms with Crippen molar-refractivity contribution in [3.05, 3.63) is 64.2 Å². The standard InChI is InChI=1S/C28H30NS/c1-16-13-21-25-20(19-10-8-9-17(2)24(19)27(21)29(7)15-16)11-12-23-26(25)22(18(3)30-23)14-28(4,5)6/h8-13,15H,14H2,1-7H3/q+1/i1D3,14D2. The minimum atomic E-state index is -2.25. The van der Waals surface area contributed by atoms with Gasteiger partial charge in [0.15, 0.2) is 6.20 Å². The third-order valence-corrected chi connectivity index (χ3v) is 6.91. The molecule has 30 heavy (non-hydrogen) atoms. The smallest absolute Gasteiger partial charge is 0.200 e. The SMILES string of the molecule is [2H]C([2H])([2H])c1cc2c3c(ccc4sc(C)c(C([2H])([2H])C(C)(C)C)c43)c3cccc(C)c3c2[n+](C)c1. The van der Waals surface area contributed by atoms with E-state index in [4.69, 9.17) is 4.11 Å². The van der Waals surface area contributed by atoms with E-state index in [-0.39, 0.29) is 5.56 Å². The van der Waals surface area contributed by atoms with E-state index in [1.165, 1.54) is 0 Å². The van der Waals surface area contributed by atoms with Crippen LogP contribution >= 0.6 is 11.3 Å². The molecule has 2 heterocycles. The van der Waals surface area contributed by atoms with Gasteiger partial charge in [0.05, 0.1) is 10.8 Å². The first-order valence-electron chi connectivity index (χ1n) is 12.9. The summed E-state index contributed by atoms with van der Waals surface area (Å²) >= 11 is 1.61. The van der Waals surface area contributed by atoms with Crippen LogP contribution in [0.25, 0.3) is 42.5 Å². The Bertz CT molecular complexity index is 1670. The molecule has 0 amide bonds. The van der Waals surface area contributed by atoms with Crippen molar-refractivity contribution in [3.63, 3.8) is 0 Å².